The number of benzene rings is 2. The standard InChI is InChI=1S/C16H13BrN2O3/c1-10-2-3-11(6-13(10)17)8-18-19-16(20)12-4-5-14-15(7-12)22-9-21-14/h2-8H,9H2,1H3,(H,19,20)/b18-8+. The molecule has 1 heterocycles. The van der Waals surface area contributed by atoms with E-state index in [1.54, 1.807) is 24.4 Å². The number of nitrogens with one attached hydrogen (secondary N) is 1. The number of halogens is 1. The fourth-order valence-electron chi connectivity index (χ4n) is 1.96. The highest BCUT2D eigenvalue weighted by Crippen LogP contribution is 2.32. The average Bonchev–Trinajstić information content (AvgIpc) is 2.98. The molecule has 0 aromatic heterocycles. The van der Waals surface area contributed by atoms with Crippen molar-refractivity contribution in [3.63, 3.8) is 0 Å². The van der Waals surface area contributed by atoms with Crippen LogP contribution in [0.2, 0.25) is 0 Å². The van der Waals surface area contributed by atoms with Gasteiger partial charge in [0.05, 0.1) is 6.21 Å². The van der Waals surface area contributed by atoms with Gasteiger partial charge in [0.2, 0.25) is 6.79 Å². The van der Waals surface area contributed by atoms with Gasteiger partial charge in [-0.25, -0.2) is 5.43 Å². The van der Waals surface area contributed by atoms with Crippen molar-refractivity contribution in [2.75, 3.05) is 6.79 Å². The van der Waals surface area contributed by atoms with Crippen molar-refractivity contribution in [2.24, 2.45) is 5.10 Å². The zero-order valence-corrected chi connectivity index (χ0v) is 13.4. The minimum absolute atomic E-state index is 0.181. The summed E-state index contributed by atoms with van der Waals surface area (Å²) < 4.78 is 11.4. The Balaban J connectivity index is 1.66. The van der Waals surface area contributed by atoms with Gasteiger partial charge in [0.1, 0.15) is 0 Å². The molecule has 1 aliphatic heterocycles. The topological polar surface area (TPSA) is 59.9 Å². The molecule has 6 heteroatoms. The van der Waals surface area contributed by atoms with E-state index in [2.05, 4.69) is 26.5 Å². The Bertz CT molecular complexity index is 759. The minimum Gasteiger partial charge on any atom is -0.454 e. The minimum atomic E-state index is -0.305. The molecule has 2 aromatic rings. The maximum absolute atomic E-state index is 12.0. The first-order valence-electron chi connectivity index (χ1n) is 6.63. The zero-order chi connectivity index (χ0) is 15.5. The van der Waals surface area contributed by atoms with E-state index in [1.165, 1.54) is 0 Å². The largest absolute Gasteiger partial charge is 0.454 e. The van der Waals surface area contributed by atoms with Crippen LogP contribution in [0.4, 0.5) is 0 Å². The molecule has 1 aliphatic rings. The van der Waals surface area contributed by atoms with Gasteiger partial charge in [-0.1, -0.05) is 28.1 Å². The Morgan fingerprint density at radius 3 is 2.86 bits per heavy atom. The number of fused-ring (bicyclic) bond motifs is 1. The second-order valence-electron chi connectivity index (χ2n) is 4.78. The molecule has 0 fully saturated rings. The zero-order valence-electron chi connectivity index (χ0n) is 11.8. The molecule has 0 unspecified atom stereocenters. The summed E-state index contributed by atoms with van der Waals surface area (Å²) in [6.07, 6.45) is 1.59. The summed E-state index contributed by atoms with van der Waals surface area (Å²) in [4.78, 5) is 12.0. The molecule has 2 aromatic carbocycles. The van der Waals surface area contributed by atoms with Crippen LogP contribution in [-0.2, 0) is 0 Å². The Labute approximate surface area is 136 Å². The van der Waals surface area contributed by atoms with Gasteiger partial charge in [-0.15, -0.1) is 0 Å². The van der Waals surface area contributed by atoms with Crippen molar-refractivity contribution in [3.8, 4) is 11.5 Å². The lowest BCUT2D eigenvalue weighted by atomic mass is 10.2. The molecular formula is C16H13BrN2O3. The van der Waals surface area contributed by atoms with Crippen molar-refractivity contribution < 1.29 is 14.3 Å². The predicted octanol–water partition coefficient (Wildman–Crippen LogP) is 3.25. The van der Waals surface area contributed by atoms with E-state index in [0.717, 1.165) is 15.6 Å². The second-order valence-corrected chi connectivity index (χ2v) is 5.63. The molecule has 112 valence electrons. The van der Waals surface area contributed by atoms with Gasteiger partial charge in [0.15, 0.2) is 11.5 Å². The smallest absolute Gasteiger partial charge is 0.271 e. The molecule has 3 rings (SSSR count). The molecule has 1 N–H and O–H groups in total. The number of aryl methyl sites for hydroxylation is 1. The van der Waals surface area contributed by atoms with E-state index in [0.29, 0.717) is 17.1 Å². The molecule has 0 radical (unpaired) electrons. The van der Waals surface area contributed by atoms with Crippen LogP contribution in [0.25, 0.3) is 0 Å². The van der Waals surface area contributed by atoms with E-state index in [9.17, 15) is 4.79 Å². The van der Waals surface area contributed by atoms with Gasteiger partial charge in [0, 0.05) is 10.0 Å². The van der Waals surface area contributed by atoms with Gasteiger partial charge in [0.25, 0.3) is 5.91 Å². The highest BCUT2D eigenvalue weighted by Gasteiger charge is 2.15. The van der Waals surface area contributed by atoms with Crippen LogP contribution in [0, 0.1) is 6.92 Å². The van der Waals surface area contributed by atoms with Crippen molar-refractivity contribution in [1.29, 1.82) is 0 Å². The van der Waals surface area contributed by atoms with Crippen LogP contribution in [0.3, 0.4) is 0 Å². The van der Waals surface area contributed by atoms with Crippen LogP contribution in [0.15, 0.2) is 46.0 Å². The Hall–Kier alpha value is -2.34. The molecule has 5 nitrogen and oxygen atoms in total. The summed E-state index contributed by atoms with van der Waals surface area (Å²) in [6, 6.07) is 10.8. The summed E-state index contributed by atoms with van der Waals surface area (Å²) in [5, 5.41) is 3.96. The van der Waals surface area contributed by atoms with Crippen LogP contribution >= 0.6 is 15.9 Å². The molecule has 0 aliphatic carbocycles. The second kappa shape index (κ2) is 6.19. The van der Waals surface area contributed by atoms with Crippen LogP contribution in [0.1, 0.15) is 21.5 Å². The molecule has 0 saturated heterocycles. The molecule has 0 saturated carbocycles. The fraction of sp³-hybridized carbons (Fsp3) is 0.125. The lowest BCUT2D eigenvalue weighted by molar-refractivity contribution is 0.0954. The lowest BCUT2D eigenvalue weighted by Gasteiger charge is -2.02. The van der Waals surface area contributed by atoms with E-state index < -0.39 is 0 Å². The summed E-state index contributed by atoms with van der Waals surface area (Å²) in [5.41, 5.74) is 4.99. The van der Waals surface area contributed by atoms with Gasteiger partial charge >= 0.3 is 0 Å². The van der Waals surface area contributed by atoms with Gasteiger partial charge in [-0.2, -0.15) is 5.10 Å². The third-order valence-corrected chi connectivity index (χ3v) is 4.06. The normalized spacial score (nSPS) is 12.6. The van der Waals surface area contributed by atoms with Gasteiger partial charge in [-0.3, -0.25) is 4.79 Å². The first-order valence-corrected chi connectivity index (χ1v) is 7.42. The molecule has 0 atom stereocenters. The maximum Gasteiger partial charge on any atom is 0.271 e. The lowest BCUT2D eigenvalue weighted by Crippen LogP contribution is -2.17. The number of hydrogen-bond acceptors (Lipinski definition) is 4. The average molecular weight is 361 g/mol. The quantitative estimate of drug-likeness (QED) is 0.675. The van der Waals surface area contributed by atoms with E-state index >= 15 is 0 Å². The molecule has 0 spiro atoms. The highest BCUT2D eigenvalue weighted by molar-refractivity contribution is 9.10. The third-order valence-electron chi connectivity index (χ3n) is 3.21. The number of hydrazone groups is 1. The fourth-order valence-corrected chi connectivity index (χ4v) is 2.35. The van der Waals surface area contributed by atoms with Crippen molar-refractivity contribution in [2.45, 2.75) is 6.92 Å². The van der Waals surface area contributed by atoms with Gasteiger partial charge < -0.3 is 9.47 Å². The summed E-state index contributed by atoms with van der Waals surface area (Å²) >= 11 is 3.46. The molecule has 22 heavy (non-hydrogen) atoms. The van der Waals surface area contributed by atoms with Crippen LogP contribution in [0.5, 0.6) is 11.5 Å². The first kappa shape index (κ1) is 14.6. The van der Waals surface area contributed by atoms with Crippen molar-refractivity contribution >= 4 is 28.1 Å². The number of nitrogens with zero attached hydrogens (tertiary/aromatic N) is 1. The number of carbonyl (C=O) groups excluding carboxylic acids is 1. The predicted molar refractivity (Wildman–Crippen MR) is 86.5 cm³/mol. The Morgan fingerprint density at radius 2 is 2.05 bits per heavy atom. The molecule has 0 bridgehead atoms. The first-order chi connectivity index (χ1) is 10.6. The monoisotopic (exact) mass is 360 g/mol. The van der Waals surface area contributed by atoms with Crippen molar-refractivity contribution in [1.82, 2.24) is 5.43 Å². The maximum atomic E-state index is 12.0. The number of amides is 1. The van der Waals surface area contributed by atoms with Crippen LogP contribution in [-0.4, -0.2) is 18.9 Å². The summed E-state index contributed by atoms with van der Waals surface area (Å²) in [7, 11) is 0. The molecular weight excluding hydrogens is 348 g/mol. The van der Waals surface area contributed by atoms with Crippen LogP contribution < -0.4 is 14.9 Å². The Morgan fingerprint density at radius 1 is 1.23 bits per heavy atom. The van der Waals surface area contributed by atoms with Crippen molar-refractivity contribution in [3.05, 3.63) is 57.6 Å². The summed E-state index contributed by atoms with van der Waals surface area (Å²) in [6.45, 7) is 2.19. The molecule has 1 amide bonds. The number of carbonyl (C=O) groups is 1. The number of hydrogen-bond donors (Lipinski definition) is 1. The highest BCUT2D eigenvalue weighted by atomic mass is 79.9. The number of ether oxygens (including phenoxy) is 2. The van der Waals surface area contributed by atoms with E-state index in [4.69, 9.17) is 9.47 Å². The SMILES string of the molecule is Cc1ccc(/C=N/NC(=O)c2ccc3c(c2)OCO3)cc1Br. The van der Waals surface area contributed by atoms with E-state index in [-0.39, 0.29) is 12.7 Å². The Kier molecular flexibility index (Phi) is 4.11. The number of rotatable bonds is 3. The summed E-state index contributed by atoms with van der Waals surface area (Å²) in [5.74, 6) is 0.907. The third kappa shape index (κ3) is 3.12. The van der Waals surface area contributed by atoms with E-state index in [1.807, 2.05) is 25.1 Å². The van der Waals surface area contributed by atoms with Gasteiger partial charge in [-0.05, 0) is 42.3 Å².